The van der Waals surface area contributed by atoms with Crippen LogP contribution < -0.4 is 64.2 Å². The van der Waals surface area contributed by atoms with Crippen molar-refractivity contribution >= 4 is 16.1 Å². The minimum atomic E-state index is -4.81. The Bertz CT molecular complexity index is 534. The van der Waals surface area contributed by atoms with Gasteiger partial charge < -0.3 is 14.5 Å². The molecule has 1 rings (SSSR count). The van der Waals surface area contributed by atoms with Gasteiger partial charge in [-0.05, 0) is 24.8 Å². The van der Waals surface area contributed by atoms with Crippen LogP contribution in [0.2, 0.25) is 0 Å². The predicted octanol–water partition coefficient (Wildman–Crippen LogP) is -4.76. The van der Waals surface area contributed by atoms with E-state index < -0.39 is 21.3 Å². The number of aryl methyl sites for hydroxylation is 1. The monoisotopic (exact) mass is 358 g/mol. The summed E-state index contributed by atoms with van der Waals surface area (Å²) in [5.74, 6) is -1.80. The molecule has 0 spiro atoms. The van der Waals surface area contributed by atoms with E-state index in [9.17, 15) is 22.9 Å². The molecular formula is C15H20Na2O5S. The normalized spacial score (nSPS) is 11.9. The molecule has 0 amide bonds. The first-order valence-electron chi connectivity index (χ1n) is 7.11. The molecule has 0 saturated carbocycles. The molecule has 0 bridgehead atoms. The number of hydrogen-bond donors (Lipinski definition) is 0. The second kappa shape index (κ2) is 13.8. The van der Waals surface area contributed by atoms with Crippen molar-refractivity contribution in [1.82, 2.24) is 0 Å². The molecule has 0 aliphatic rings. The molecule has 8 heteroatoms. The van der Waals surface area contributed by atoms with E-state index in [4.69, 9.17) is 0 Å². The van der Waals surface area contributed by atoms with E-state index >= 15 is 0 Å². The van der Waals surface area contributed by atoms with E-state index in [0.717, 1.165) is 25.7 Å². The molecule has 23 heavy (non-hydrogen) atoms. The predicted molar refractivity (Wildman–Crippen MR) is 76.3 cm³/mol. The number of carbonyl (C=O) groups is 1. The molecule has 0 fully saturated rings. The van der Waals surface area contributed by atoms with E-state index in [2.05, 4.69) is 12.1 Å². The first kappa shape index (κ1) is 25.8. The number of hydrogen-bond acceptors (Lipinski definition) is 5. The molecule has 118 valence electrons. The van der Waals surface area contributed by atoms with Crippen LogP contribution in [0.25, 0.3) is 0 Å². The molecule has 0 aliphatic heterocycles. The Morgan fingerprint density at radius 1 is 0.957 bits per heavy atom. The zero-order valence-electron chi connectivity index (χ0n) is 13.9. The number of rotatable bonds is 10. The van der Waals surface area contributed by atoms with E-state index in [1.807, 2.05) is 18.2 Å². The second-order valence-corrected chi connectivity index (χ2v) is 6.65. The van der Waals surface area contributed by atoms with Crippen molar-refractivity contribution in [2.45, 2.75) is 50.2 Å². The number of unbranched alkanes of at least 4 members (excludes halogenated alkanes) is 4. The Morgan fingerprint density at radius 2 is 1.48 bits per heavy atom. The molecule has 5 nitrogen and oxygen atoms in total. The largest absolute Gasteiger partial charge is 1.00 e. The number of aliphatic carboxylic acids is 1. The summed E-state index contributed by atoms with van der Waals surface area (Å²) in [5.41, 5.74) is 1.28. The quantitative estimate of drug-likeness (QED) is 0.238. The number of carboxylic acid groups (broad SMARTS) is 1. The van der Waals surface area contributed by atoms with E-state index in [1.54, 1.807) is 0 Å². The minimum absolute atomic E-state index is 0. The van der Waals surface area contributed by atoms with Gasteiger partial charge in [-0.1, -0.05) is 56.0 Å². The summed E-state index contributed by atoms with van der Waals surface area (Å²) in [4.78, 5) is 10.6. The molecular weight excluding hydrogens is 338 g/mol. The third-order valence-electron chi connectivity index (χ3n) is 3.39. The van der Waals surface area contributed by atoms with E-state index in [-0.39, 0.29) is 65.5 Å². The average Bonchev–Trinajstić information content (AvgIpc) is 2.41. The van der Waals surface area contributed by atoms with Gasteiger partial charge in [-0.2, -0.15) is 0 Å². The molecule has 0 N–H and O–H groups in total. The number of benzene rings is 1. The second-order valence-electron chi connectivity index (χ2n) is 5.09. The Labute approximate surface area is 182 Å². The van der Waals surface area contributed by atoms with Gasteiger partial charge in [0.2, 0.25) is 0 Å². The fourth-order valence-electron chi connectivity index (χ4n) is 2.21. The van der Waals surface area contributed by atoms with Crippen LogP contribution in [0.15, 0.2) is 30.3 Å². The van der Waals surface area contributed by atoms with Crippen molar-refractivity contribution in [2.24, 2.45) is 0 Å². The van der Waals surface area contributed by atoms with Crippen LogP contribution in [0.1, 0.15) is 44.1 Å². The summed E-state index contributed by atoms with van der Waals surface area (Å²) in [6.45, 7) is 0. The topological polar surface area (TPSA) is 97.3 Å². The van der Waals surface area contributed by atoms with E-state index in [1.165, 1.54) is 5.56 Å². The average molecular weight is 358 g/mol. The Morgan fingerprint density at radius 3 is 2.00 bits per heavy atom. The van der Waals surface area contributed by atoms with Crippen molar-refractivity contribution in [2.75, 3.05) is 0 Å². The summed E-state index contributed by atoms with van der Waals surface area (Å²) in [7, 11) is -4.81. The molecule has 0 aromatic heterocycles. The first-order valence-corrected chi connectivity index (χ1v) is 8.58. The van der Waals surface area contributed by atoms with Crippen molar-refractivity contribution in [1.29, 1.82) is 0 Å². The summed E-state index contributed by atoms with van der Waals surface area (Å²) in [6.07, 6.45) is 4.89. The van der Waals surface area contributed by atoms with Crippen molar-refractivity contribution in [3.63, 3.8) is 0 Å². The fraction of sp³-hybridized carbons (Fsp3) is 0.533. The summed E-state index contributed by atoms with van der Waals surface area (Å²) < 4.78 is 32.2. The number of carboxylic acids is 1. The third kappa shape index (κ3) is 11.7. The maximum atomic E-state index is 10.7. The zero-order valence-corrected chi connectivity index (χ0v) is 18.7. The molecule has 0 aliphatic carbocycles. The molecule has 1 unspecified atom stereocenters. The van der Waals surface area contributed by atoms with Gasteiger partial charge in [0, 0.05) is 0 Å². The van der Waals surface area contributed by atoms with Crippen LogP contribution in [0.3, 0.4) is 0 Å². The first-order chi connectivity index (χ1) is 9.91. The van der Waals surface area contributed by atoms with Gasteiger partial charge in [0.1, 0.15) is 10.1 Å². The van der Waals surface area contributed by atoms with Gasteiger partial charge in [0.25, 0.3) is 0 Å². The van der Waals surface area contributed by atoms with Crippen LogP contribution in [0.5, 0.6) is 0 Å². The van der Waals surface area contributed by atoms with Crippen LogP contribution in [0, 0.1) is 0 Å². The van der Waals surface area contributed by atoms with Crippen molar-refractivity contribution < 1.29 is 82.0 Å². The Balaban J connectivity index is 0. The SMILES string of the molecule is O=C([O-])C(CCCCCCCc1ccccc1)S(=O)(=O)[O-].[Na+].[Na+]. The maximum Gasteiger partial charge on any atom is 1.00 e. The van der Waals surface area contributed by atoms with E-state index in [0.29, 0.717) is 12.8 Å². The molecule has 1 aromatic carbocycles. The standard InChI is InChI=1S/C15H22O5S.2Na/c16-15(17)14(21(18,19)20)12-8-3-1-2-5-9-13-10-6-4-7-11-13;;/h4,6-7,10-11,14H,1-3,5,8-9,12H2,(H,16,17)(H,18,19,20);;/q;2*+1/p-2. The van der Waals surface area contributed by atoms with Gasteiger partial charge >= 0.3 is 59.1 Å². The minimum Gasteiger partial charge on any atom is -0.747 e. The zero-order chi connectivity index (χ0) is 15.7. The Kier molecular flexibility index (Phi) is 15.5. The van der Waals surface area contributed by atoms with Gasteiger partial charge in [-0.15, -0.1) is 0 Å². The fourth-order valence-corrected chi connectivity index (χ4v) is 2.90. The third-order valence-corrected chi connectivity index (χ3v) is 4.51. The molecule has 0 radical (unpaired) electrons. The summed E-state index contributed by atoms with van der Waals surface area (Å²) >= 11 is 0. The van der Waals surface area contributed by atoms with Crippen LogP contribution in [0.4, 0.5) is 0 Å². The Hall–Kier alpha value is 0.600. The van der Waals surface area contributed by atoms with Gasteiger partial charge in [-0.25, -0.2) is 8.42 Å². The van der Waals surface area contributed by atoms with Crippen molar-refractivity contribution in [3.8, 4) is 0 Å². The number of carbonyl (C=O) groups excluding carboxylic acids is 1. The molecule has 1 aromatic rings. The molecule has 0 heterocycles. The van der Waals surface area contributed by atoms with Crippen LogP contribution in [-0.2, 0) is 21.3 Å². The van der Waals surface area contributed by atoms with Gasteiger partial charge in [-0.3, -0.25) is 0 Å². The smallest absolute Gasteiger partial charge is 0.747 e. The molecule has 1 atom stereocenters. The van der Waals surface area contributed by atoms with Crippen LogP contribution >= 0.6 is 0 Å². The maximum absolute atomic E-state index is 10.7. The summed E-state index contributed by atoms with van der Waals surface area (Å²) in [6, 6.07) is 10.1. The van der Waals surface area contributed by atoms with Gasteiger partial charge in [0.05, 0.1) is 11.2 Å². The van der Waals surface area contributed by atoms with Crippen LogP contribution in [-0.4, -0.2) is 24.2 Å². The summed E-state index contributed by atoms with van der Waals surface area (Å²) in [5, 5.41) is 8.66. The van der Waals surface area contributed by atoms with Gasteiger partial charge in [0.15, 0.2) is 0 Å². The molecule has 0 saturated heterocycles. The van der Waals surface area contributed by atoms with Crippen molar-refractivity contribution in [3.05, 3.63) is 35.9 Å².